The number of halogens is 4. The van der Waals surface area contributed by atoms with Crippen molar-refractivity contribution in [1.82, 2.24) is 10.6 Å². The van der Waals surface area contributed by atoms with E-state index in [9.17, 15) is 27.9 Å². The molecule has 1 aliphatic rings. The van der Waals surface area contributed by atoms with Crippen LogP contribution in [0.15, 0.2) is 24.3 Å². The van der Waals surface area contributed by atoms with Crippen molar-refractivity contribution < 1.29 is 42.1 Å². The zero-order chi connectivity index (χ0) is 32.0. The summed E-state index contributed by atoms with van der Waals surface area (Å²) in [4.78, 5) is 26.0. The lowest BCUT2D eigenvalue weighted by atomic mass is 9.75. The molecule has 3 unspecified atom stereocenters. The lowest BCUT2D eigenvalue weighted by Gasteiger charge is -2.41. The van der Waals surface area contributed by atoms with Crippen molar-refractivity contribution in [2.24, 2.45) is 23.5 Å². The molecule has 9 nitrogen and oxygen atoms in total. The number of ether oxygens (including phenoxy) is 3. The second kappa shape index (κ2) is 19.4. The molecule has 0 radical (unpaired) electrons. The number of benzene rings is 1. The highest BCUT2D eigenvalue weighted by molar-refractivity contribution is 5.96. The monoisotopic (exact) mass is 653 g/mol. The minimum absolute atomic E-state index is 0. The largest absolute Gasteiger partial charge is 0.493 e. The third-order valence-corrected chi connectivity index (χ3v) is 8.40. The second-order valence-electron chi connectivity index (χ2n) is 11.7. The zero-order valence-electron chi connectivity index (χ0n) is 26.3. The predicted octanol–water partition coefficient (Wildman–Crippen LogP) is 4.64. The number of aliphatic hydroxyl groups excluding tert-OH is 1. The fourth-order valence-corrected chi connectivity index (χ4v) is 5.64. The van der Waals surface area contributed by atoms with E-state index in [0.29, 0.717) is 37.4 Å². The number of aliphatic hydroxyl groups is 1. The van der Waals surface area contributed by atoms with Crippen LogP contribution in [0.3, 0.4) is 0 Å². The Morgan fingerprint density at radius 1 is 1.02 bits per heavy atom. The number of para-hydroxylation sites is 1. The first kappa shape index (κ1) is 39.9. The molecule has 0 aromatic heterocycles. The van der Waals surface area contributed by atoms with Crippen LogP contribution in [0.4, 0.5) is 13.2 Å². The van der Waals surface area contributed by atoms with Gasteiger partial charge in [0.15, 0.2) is 0 Å². The molecule has 254 valence electrons. The predicted molar refractivity (Wildman–Crippen MR) is 165 cm³/mol. The van der Waals surface area contributed by atoms with E-state index < -0.39 is 42.3 Å². The van der Waals surface area contributed by atoms with E-state index in [1.807, 2.05) is 13.8 Å². The van der Waals surface area contributed by atoms with Crippen LogP contribution < -0.4 is 21.1 Å². The lowest BCUT2D eigenvalue weighted by Crippen LogP contribution is -2.64. The standard InChI is InChI=1S/C31H50F3N3O6.ClH/c1-21(2)22(19-36-28(39)24-14-8-9-15-27(24)43-17-11-10-16-41-3)18-25(35)26(38)20-37-29(40)30(42-4,31(32,33)34)23-12-6-5-7-13-23;/h8-9,14-15,21-23,25-26,38H,5-7,10-13,16-20,35H2,1-4H3,(H,36,39)(H,37,40);1H/t22?,25?,26?,30-;/m1./s1. The summed E-state index contributed by atoms with van der Waals surface area (Å²) in [5, 5.41) is 15.9. The molecule has 5 N–H and O–H groups in total. The summed E-state index contributed by atoms with van der Waals surface area (Å²) in [6.45, 7) is 4.78. The molecule has 0 aliphatic heterocycles. The van der Waals surface area contributed by atoms with Crippen molar-refractivity contribution in [3.63, 3.8) is 0 Å². The number of carbonyl (C=O) groups is 2. The Labute approximate surface area is 265 Å². The van der Waals surface area contributed by atoms with Gasteiger partial charge in [-0.15, -0.1) is 12.4 Å². The maximum atomic E-state index is 14.2. The van der Waals surface area contributed by atoms with Gasteiger partial charge in [-0.05, 0) is 56.1 Å². The van der Waals surface area contributed by atoms with Crippen LogP contribution in [0, 0.1) is 17.8 Å². The molecule has 0 saturated heterocycles. The van der Waals surface area contributed by atoms with Crippen LogP contribution >= 0.6 is 12.4 Å². The van der Waals surface area contributed by atoms with Crippen molar-refractivity contribution >= 4 is 24.2 Å². The van der Waals surface area contributed by atoms with Gasteiger partial charge in [0.2, 0.25) is 5.60 Å². The van der Waals surface area contributed by atoms with Crippen molar-refractivity contribution in [1.29, 1.82) is 0 Å². The van der Waals surface area contributed by atoms with Crippen LogP contribution in [0.5, 0.6) is 5.75 Å². The molecular weight excluding hydrogens is 603 g/mol. The number of hydrogen-bond donors (Lipinski definition) is 4. The fourth-order valence-electron chi connectivity index (χ4n) is 5.64. The van der Waals surface area contributed by atoms with E-state index in [1.165, 1.54) is 0 Å². The Morgan fingerprint density at radius 2 is 1.66 bits per heavy atom. The normalized spacial score (nSPS) is 17.6. The number of rotatable bonds is 18. The van der Waals surface area contributed by atoms with Gasteiger partial charge in [-0.3, -0.25) is 9.59 Å². The molecule has 1 saturated carbocycles. The number of methoxy groups -OCH3 is 2. The Morgan fingerprint density at radius 3 is 2.25 bits per heavy atom. The zero-order valence-corrected chi connectivity index (χ0v) is 27.1. The summed E-state index contributed by atoms with van der Waals surface area (Å²) >= 11 is 0. The summed E-state index contributed by atoms with van der Waals surface area (Å²) < 4.78 is 58.5. The third kappa shape index (κ3) is 11.0. The van der Waals surface area contributed by atoms with E-state index in [2.05, 4.69) is 10.6 Å². The van der Waals surface area contributed by atoms with Gasteiger partial charge in [0.1, 0.15) is 5.75 Å². The number of alkyl halides is 3. The number of unbranched alkanes of at least 4 members (excludes halogenated alkanes) is 1. The topological polar surface area (TPSA) is 132 Å². The van der Waals surface area contributed by atoms with E-state index in [0.717, 1.165) is 26.4 Å². The van der Waals surface area contributed by atoms with Gasteiger partial charge in [-0.25, -0.2) is 0 Å². The molecule has 44 heavy (non-hydrogen) atoms. The molecule has 0 heterocycles. The first-order valence-corrected chi connectivity index (χ1v) is 15.2. The second-order valence-corrected chi connectivity index (χ2v) is 11.7. The molecule has 1 aliphatic carbocycles. The molecule has 13 heteroatoms. The molecule has 4 atom stereocenters. The molecular formula is C31H51ClF3N3O6. The summed E-state index contributed by atoms with van der Waals surface area (Å²) in [5.41, 5.74) is 3.66. The van der Waals surface area contributed by atoms with Crippen molar-refractivity contribution in [3.8, 4) is 5.75 Å². The van der Waals surface area contributed by atoms with Crippen molar-refractivity contribution in [2.75, 3.05) is 40.5 Å². The van der Waals surface area contributed by atoms with Gasteiger partial charge in [-0.2, -0.15) is 13.2 Å². The highest BCUT2D eigenvalue weighted by atomic mass is 35.5. The minimum Gasteiger partial charge on any atom is -0.493 e. The molecule has 1 aromatic carbocycles. The number of carbonyl (C=O) groups excluding carboxylic acids is 2. The first-order valence-electron chi connectivity index (χ1n) is 15.2. The Hall–Kier alpha value is -2.12. The molecule has 2 amide bonds. The fraction of sp³-hybridized carbons (Fsp3) is 0.742. The number of nitrogens with one attached hydrogen (secondary N) is 2. The molecule has 1 aromatic rings. The average Bonchev–Trinajstić information content (AvgIpc) is 2.98. The van der Waals surface area contributed by atoms with E-state index >= 15 is 0 Å². The van der Waals surface area contributed by atoms with Crippen molar-refractivity contribution in [3.05, 3.63) is 29.8 Å². The summed E-state index contributed by atoms with van der Waals surface area (Å²) in [6.07, 6.45) is -1.88. The maximum Gasteiger partial charge on any atom is 0.426 e. The van der Waals surface area contributed by atoms with Crippen LogP contribution in [-0.2, 0) is 14.3 Å². The van der Waals surface area contributed by atoms with E-state index in [1.54, 1.807) is 31.4 Å². The number of hydrogen-bond acceptors (Lipinski definition) is 7. The van der Waals surface area contributed by atoms with Gasteiger partial charge in [0, 0.05) is 45.9 Å². The summed E-state index contributed by atoms with van der Waals surface area (Å²) in [7, 11) is 2.54. The number of nitrogens with two attached hydrogens (primary N) is 1. The van der Waals surface area contributed by atoms with Crippen LogP contribution in [-0.4, -0.2) is 81.4 Å². The maximum absolute atomic E-state index is 14.2. The highest BCUT2D eigenvalue weighted by Crippen LogP contribution is 2.45. The smallest absolute Gasteiger partial charge is 0.426 e. The molecule has 0 spiro atoms. The van der Waals surface area contributed by atoms with Crippen LogP contribution in [0.25, 0.3) is 0 Å². The minimum atomic E-state index is -4.92. The van der Waals surface area contributed by atoms with Gasteiger partial charge in [0.05, 0.1) is 18.3 Å². The van der Waals surface area contributed by atoms with E-state index in [4.69, 9.17) is 19.9 Å². The molecule has 2 rings (SSSR count). The average molecular weight is 654 g/mol. The van der Waals surface area contributed by atoms with E-state index in [-0.39, 0.29) is 56.0 Å². The summed E-state index contributed by atoms with van der Waals surface area (Å²) in [6, 6.07) is 6.09. The highest BCUT2D eigenvalue weighted by Gasteiger charge is 2.65. The van der Waals surface area contributed by atoms with Crippen LogP contribution in [0.2, 0.25) is 0 Å². The quantitative estimate of drug-likeness (QED) is 0.170. The SMILES string of the molecule is COCCCCOc1ccccc1C(=O)NCC(CC(N)C(O)CNC(=O)[C@](OC)(C1CCCCC1)C(F)(F)F)C(C)C.Cl. The number of amides is 2. The summed E-state index contributed by atoms with van der Waals surface area (Å²) in [5.74, 6) is -2.24. The Bertz CT molecular complexity index is 997. The molecule has 0 bridgehead atoms. The third-order valence-electron chi connectivity index (χ3n) is 8.40. The van der Waals surface area contributed by atoms with Crippen LogP contribution in [0.1, 0.15) is 75.6 Å². The van der Waals surface area contributed by atoms with Gasteiger partial charge in [-0.1, -0.05) is 45.2 Å². The van der Waals surface area contributed by atoms with Gasteiger partial charge in [0.25, 0.3) is 11.8 Å². The van der Waals surface area contributed by atoms with Crippen molar-refractivity contribution in [2.45, 2.75) is 89.1 Å². The lowest BCUT2D eigenvalue weighted by molar-refractivity contribution is -0.279. The Kier molecular flexibility index (Phi) is 17.6. The Balaban J connectivity index is 0.00000968. The first-order chi connectivity index (χ1) is 20.4. The molecule has 1 fully saturated rings. The van der Waals surface area contributed by atoms with Gasteiger partial charge >= 0.3 is 6.18 Å². The van der Waals surface area contributed by atoms with Gasteiger partial charge < -0.3 is 35.7 Å².